The predicted molar refractivity (Wildman–Crippen MR) is 113 cm³/mol. The minimum atomic E-state index is 0.0624. The van der Waals surface area contributed by atoms with Crippen LogP contribution in [0.15, 0.2) is 67.0 Å². The Kier molecular flexibility index (Phi) is 4.80. The highest BCUT2D eigenvalue weighted by Gasteiger charge is 2.24. The Bertz CT molecular complexity index is 1150. The van der Waals surface area contributed by atoms with Crippen LogP contribution in [0.1, 0.15) is 23.2 Å². The highest BCUT2D eigenvalue weighted by Crippen LogP contribution is 2.20. The molecule has 1 amide bonds. The van der Waals surface area contributed by atoms with Crippen LogP contribution in [-0.2, 0) is 0 Å². The van der Waals surface area contributed by atoms with Gasteiger partial charge in [0.25, 0.3) is 5.91 Å². The molecule has 1 aliphatic heterocycles. The zero-order chi connectivity index (χ0) is 20.3. The van der Waals surface area contributed by atoms with E-state index in [0.717, 1.165) is 24.2 Å². The zero-order valence-electron chi connectivity index (χ0n) is 16.3. The number of anilines is 1. The molecule has 0 radical (unpaired) electrons. The lowest BCUT2D eigenvalue weighted by atomic mass is 10.0. The van der Waals surface area contributed by atoms with Crippen LogP contribution in [0.25, 0.3) is 17.0 Å². The van der Waals surface area contributed by atoms with Crippen molar-refractivity contribution in [3.05, 3.63) is 72.6 Å². The van der Waals surface area contributed by atoms with Crippen molar-refractivity contribution in [1.29, 1.82) is 0 Å². The van der Waals surface area contributed by atoms with E-state index < -0.39 is 0 Å². The lowest BCUT2D eigenvalue weighted by Gasteiger charge is -2.32. The molecule has 0 unspecified atom stereocenters. The number of carbonyl (C=O) groups excluding carboxylic acids is 1. The number of amides is 1. The molecule has 3 aromatic heterocycles. The van der Waals surface area contributed by atoms with Crippen molar-refractivity contribution < 1.29 is 4.79 Å². The van der Waals surface area contributed by atoms with Gasteiger partial charge in [0.15, 0.2) is 11.5 Å². The highest BCUT2D eigenvalue weighted by atomic mass is 16.2. The topological polar surface area (TPSA) is 88.3 Å². The van der Waals surface area contributed by atoms with Crippen molar-refractivity contribution in [2.75, 3.05) is 18.4 Å². The SMILES string of the molecule is O=C(c1ccncc1)N1CCC(Nc2ccc3nnc(-c4ccccc4)n3n2)CC1. The Balaban J connectivity index is 1.27. The molecule has 8 nitrogen and oxygen atoms in total. The molecule has 8 heteroatoms. The summed E-state index contributed by atoms with van der Waals surface area (Å²) in [5.41, 5.74) is 2.36. The lowest BCUT2D eigenvalue weighted by molar-refractivity contribution is 0.0718. The van der Waals surface area contributed by atoms with Crippen LogP contribution in [-0.4, -0.2) is 54.7 Å². The molecule has 4 heterocycles. The molecule has 0 atom stereocenters. The first kappa shape index (κ1) is 18.2. The molecular formula is C22H21N7O. The molecule has 1 N–H and O–H groups in total. The maximum absolute atomic E-state index is 12.6. The molecule has 5 rings (SSSR count). The Morgan fingerprint density at radius 2 is 1.70 bits per heavy atom. The summed E-state index contributed by atoms with van der Waals surface area (Å²) in [4.78, 5) is 18.5. The number of piperidine rings is 1. The zero-order valence-corrected chi connectivity index (χ0v) is 16.3. The van der Waals surface area contributed by atoms with Crippen LogP contribution in [0.2, 0.25) is 0 Å². The van der Waals surface area contributed by atoms with Gasteiger partial charge in [0.05, 0.1) is 0 Å². The minimum absolute atomic E-state index is 0.0624. The van der Waals surface area contributed by atoms with Crippen LogP contribution in [0.4, 0.5) is 5.82 Å². The fourth-order valence-electron chi connectivity index (χ4n) is 3.75. The molecule has 4 aromatic rings. The summed E-state index contributed by atoms with van der Waals surface area (Å²) < 4.78 is 1.76. The van der Waals surface area contributed by atoms with E-state index in [9.17, 15) is 4.79 Å². The Hall–Kier alpha value is -3.81. The molecule has 1 aliphatic rings. The lowest BCUT2D eigenvalue weighted by Crippen LogP contribution is -2.42. The Morgan fingerprint density at radius 3 is 2.47 bits per heavy atom. The van der Waals surface area contributed by atoms with Crippen molar-refractivity contribution >= 4 is 17.4 Å². The van der Waals surface area contributed by atoms with Gasteiger partial charge >= 0.3 is 0 Å². The molecule has 1 saturated heterocycles. The van der Waals surface area contributed by atoms with Crippen molar-refractivity contribution in [2.45, 2.75) is 18.9 Å². The molecule has 1 fully saturated rings. The van der Waals surface area contributed by atoms with Gasteiger partial charge in [-0.3, -0.25) is 9.78 Å². The second-order valence-electron chi connectivity index (χ2n) is 7.32. The molecule has 0 saturated carbocycles. The van der Waals surface area contributed by atoms with Crippen molar-refractivity contribution in [3.8, 4) is 11.4 Å². The largest absolute Gasteiger partial charge is 0.366 e. The first-order valence-corrected chi connectivity index (χ1v) is 10.0. The number of nitrogens with zero attached hydrogens (tertiary/aromatic N) is 6. The third kappa shape index (κ3) is 3.59. The average Bonchev–Trinajstić information content (AvgIpc) is 3.24. The fourth-order valence-corrected chi connectivity index (χ4v) is 3.75. The molecule has 30 heavy (non-hydrogen) atoms. The third-order valence-corrected chi connectivity index (χ3v) is 5.36. The van der Waals surface area contributed by atoms with Gasteiger partial charge in [-0.1, -0.05) is 30.3 Å². The van der Waals surface area contributed by atoms with E-state index in [1.165, 1.54) is 0 Å². The molecule has 150 valence electrons. The fraction of sp³-hybridized carbons (Fsp3) is 0.227. The van der Waals surface area contributed by atoms with Gasteiger partial charge in [0.2, 0.25) is 0 Å². The summed E-state index contributed by atoms with van der Waals surface area (Å²) in [5, 5.41) is 16.7. The van der Waals surface area contributed by atoms with Crippen molar-refractivity contribution in [3.63, 3.8) is 0 Å². The van der Waals surface area contributed by atoms with E-state index in [-0.39, 0.29) is 11.9 Å². The molecule has 0 spiro atoms. The van der Waals surface area contributed by atoms with Gasteiger partial charge in [-0.05, 0) is 37.1 Å². The first-order chi connectivity index (χ1) is 14.8. The van der Waals surface area contributed by atoms with Gasteiger partial charge in [0, 0.05) is 42.7 Å². The number of nitrogens with one attached hydrogen (secondary N) is 1. The van der Waals surface area contributed by atoms with Crippen LogP contribution >= 0.6 is 0 Å². The Morgan fingerprint density at radius 1 is 0.933 bits per heavy atom. The van der Waals surface area contributed by atoms with Crippen LogP contribution in [0, 0.1) is 0 Å². The van der Waals surface area contributed by atoms with Gasteiger partial charge in [-0.2, -0.15) is 4.52 Å². The van der Waals surface area contributed by atoms with E-state index in [1.54, 1.807) is 29.0 Å². The normalized spacial score (nSPS) is 14.7. The number of rotatable bonds is 4. The number of pyridine rings is 1. The second kappa shape index (κ2) is 7.90. The van der Waals surface area contributed by atoms with Crippen molar-refractivity contribution in [1.82, 2.24) is 29.7 Å². The number of carbonyl (C=O) groups is 1. The summed E-state index contributed by atoms with van der Waals surface area (Å²) in [6.45, 7) is 1.42. The summed E-state index contributed by atoms with van der Waals surface area (Å²) >= 11 is 0. The summed E-state index contributed by atoms with van der Waals surface area (Å²) in [5.74, 6) is 1.55. The first-order valence-electron chi connectivity index (χ1n) is 10.0. The van der Waals surface area contributed by atoms with E-state index in [0.29, 0.717) is 30.1 Å². The minimum Gasteiger partial charge on any atom is -0.366 e. The van der Waals surface area contributed by atoms with E-state index in [4.69, 9.17) is 5.10 Å². The van der Waals surface area contributed by atoms with Gasteiger partial charge in [0.1, 0.15) is 5.82 Å². The average molecular weight is 399 g/mol. The maximum atomic E-state index is 12.6. The predicted octanol–water partition coefficient (Wildman–Crippen LogP) is 2.90. The van der Waals surface area contributed by atoms with E-state index >= 15 is 0 Å². The van der Waals surface area contributed by atoms with Gasteiger partial charge < -0.3 is 10.2 Å². The Labute approximate surface area is 173 Å². The third-order valence-electron chi connectivity index (χ3n) is 5.36. The van der Waals surface area contributed by atoms with Crippen molar-refractivity contribution in [2.24, 2.45) is 0 Å². The highest BCUT2D eigenvalue weighted by molar-refractivity contribution is 5.94. The summed E-state index contributed by atoms with van der Waals surface area (Å²) in [6.07, 6.45) is 5.03. The maximum Gasteiger partial charge on any atom is 0.253 e. The van der Waals surface area contributed by atoms with Crippen LogP contribution < -0.4 is 5.32 Å². The standard InChI is InChI=1S/C22H21N7O/c30-22(17-8-12-23-13-9-17)28-14-10-18(11-15-28)24-19-6-7-20-25-26-21(29(20)27-19)16-4-2-1-3-5-16/h1-9,12-13,18H,10-11,14-15H2,(H,24,27). The molecule has 0 bridgehead atoms. The molecule has 0 aliphatic carbocycles. The number of likely N-dealkylation sites (tertiary alicyclic amines) is 1. The van der Waals surface area contributed by atoms with Gasteiger partial charge in [-0.25, -0.2) is 0 Å². The summed E-state index contributed by atoms with van der Waals surface area (Å²) in [7, 11) is 0. The summed E-state index contributed by atoms with van der Waals surface area (Å²) in [6, 6.07) is 17.5. The van der Waals surface area contributed by atoms with Crippen LogP contribution in [0.3, 0.4) is 0 Å². The smallest absolute Gasteiger partial charge is 0.253 e. The van der Waals surface area contributed by atoms with Gasteiger partial charge in [-0.15, -0.1) is 15.3 Å². The van der Waals surface area contributed by atoms with Crippen LogP contribution in [0.5, 0.6) is 0 Å². The number of fused-ring (bicyclic) bond motifs is 1. The number of aromatic nitrogens is 5. The number of hydrogen-bond donors (Lipinski definition) is 1. The monoisotopic (exact) mass is 399 g/mol. The number of hydrogen-bond acceptors (Lipinski definition) is 6. The second-order valence-corrected chi connectivity index (χ2v) is 7.32. The van der Waals surface area contributed by atoms with E-state index in [2.05, 4.69) is 20.5 Å². The number of benzene rings is 1. The van der Waals surface area contributed by atoms with E-state index in [1.807, 2.05) is 47.4 Å². The quantitative estimate of drug-likeness (QED) is 0.568. The molecular weight excluding hydrogens is 378 g/mol. The molecule has 1 aromatic carbocycles.